The van der Waals surface area contributed by atoms with Crippen LogP contribution in [0.1, 0.15) is 83.7 Å². The van der Waals surface area contributed by atoms with Crippen molar-refractivity contribution in [2.24, 2.45) is 11.8 Å². The topological polar surface area (TPSA) is 35.0 Å². The zero-order valence-corrected chi connectivity index (χ0v) is 18.4. The molecule has 2 aromatic rings. The molecule has 1 aromatic carbocycles. The van der Waals surface area contributed by atoms with Gasteiger partial charge in [-0.2, -0.15) is 0 Å². The number of hydrogen-bond acceptors (Lipinski definition) is 3. The van der Waals surface area contributed by atoms with Crippen LogP contribution < -0.4 is 4.74 Å². The standard InChI is InChI=1S/C26H38N2O/c1-3-5-7-9-24-18-28-26(19-27-24)23-14-16-25(17-15-23)29-20-22-12-10-21(11-13-22)8-6-4-2/h14-19,21-22H,3-13,20H2,1-2H3/t21-,22-. The molecule has 0 unspecified atom stereocenters. The number of aryl methyl sites for hydroxylation is 1. The third-order valence-corrected chi connectivity index (χ3v) is 6.31. The van der Waals surface area contributed by atoms with Crippen LogP contribution in [0.3, 0.4) is 0 Å². The van der Waals surface area contributed by atoms with Gasteiger partial charge in [0.25, 0.3) is 0 Å². The van der Waals surface area contributed by atoms with Crippen molar-refractivity contribution in [1.82, 2.24) is 9.97 Å². The summed E-state index contributed by atoms with van der Waals surface area (Å²) >= 11 is 0. The second-order valence-corrected chi connectivity index (χ2v) is 8.71. The summed E-state index contributed by atoms with van der Waals surface area (Å²) in [5.41, 5.74) is 3.12. The van der Waals surface area contributed by atoms with Gasteiger partial charge in [-0.3, -0.25) is 9.97 Å². The lowest BCUT2D eigenvalue weighted by Crippen LogP contribution is -2.20. The monoisotopic (exact) mass is 394 g/mol. The molecule has 3 rings (SSSR count). The van der Waals surface area contributed by atoms with E-state index in [1.165, 1.54) is 64.2 Å². The molecule has 1 fully saturated rings. The van der Waals surface area contributed by atoms with Crippen LogP contribution >= 0.6 is 0 Å². The molecule has 1 saturated carbocycles. The first kappa shape index (κ1) is 21.8. The highest BCUT2D eigenvalue weighted by Gasteiger charge is 2.21. The van der Waals surface area contributed by atoms with E-state index in [2.05, 4.69) is 48.1 Å². The minimum atomic E-state index is 0.721. The van der Waals surface area contributed by atoms with Crippen LogP contribution in [0.4, 0.5) is 0 Å². The molecule has 29 heavy (non-hydrogen) atoms. The van der Waals surface area contributed by atoms with Gasteiger partial charge in [-0.15, -0.1) is 0 Å². The maximum atomic E-state index is 6.09. The van der Waals surface area contributed by atoms with Crippen molar-refractivity contribution < 1.29 is 4.74 Å². The molecule has 3 nitrogen and oxygen atoms in total. The van der Waals surface area contributed by atoms with Gasteiger partial charge in [0.2, 0.25) is 0 Å². The van der Waals surface area contributed by atoms with E-state index in [1.807, 2.05) is 12.4 Å². The third-order valence-electron chi connectivity index (χ3n) is 6.31. The minimum absolute atomic E-state index is 0.721. The predicted molar refractivity (Wildman–Crippen MR) is 121 cm³/mol. The summed E-state index contributed by atoms with van der Waals surface area (Å²) in [6.45, 7) is 5.37. The Morgan fingerprint density at radius 1 is 0.828 bits per heavy atom. The fourth-order valence-electron chi connectivity index (χ4n) is 4.30. The molecule has 0 N–H and O–H groups in total. The van der Waals surface area contributed by atoms with Crippen LogP contribution in [0, 0.1) is 11.8 Å². The molecule has 0 radical (unpaired) electrons. The summed E-state index contributed by atoms with van der Waals surface area (Å²) in [6.07, 6.45) is 18.1. The Morgan fingerprint density at radius 3 is 2.21 bits per heavy atom. The number of unbranched alkanes of at least 4 members (excludes halogenated alkanes) is 3. The van der Waals surface area contributed by atoms with Crippen LogP contribution in [0.2, 0.25) is 0 Å². The van der Waals surface area contributed by atoms with Crippen LogP contribution in [-0.2, 0) is 6.42 Å². The first-order valence-electron chi connectivity index (χ1n) is 11.8. The number of rotatable bonds is 11. The molecule has 1 heterocycles. The van der Waals surface area contributed by atoms with Crippen molar-refractivity contribution in [3.8, 4) is 17.0 Å². The zero-order chi connectivity index (χ0) is 20.3. The average molecular weight is 395 g/mol. The van der Waals surface area contributed by atoms with Gasteiger partial charge in [0, 0.05) is 11.8 Å². The molecule has 1 aromatic heterocycles. The van der Waals surface area contributed by atoms with Gasteiger partial charge >= 0.3 is 0 Å². The summed E-state index contributed by atoms with van der Waals surface area (Å²) in [5.74, 6) is 2.65. The Morgan fingerprint density at radius 2 is 1.55 bits per heavy atom. The lowest BCUT2D eigenvalue weighted by molar-refractivity contribution is 0.178. The lowest BCUT2D eigenvalue weighted by Gasteiger charge is -2.28. The van der Waals surface area contributed by atoms with Crippen molar-refractivity contribution >= 4 is 0 Å². The maximum absolute atomic E-state index is 6.09. The van der Waals surface area contributed by atoms with Crippen molar-refractivity contribution in [3.63, 3.8) is 0 Å². The molecule has 0 aliphatic heterocycles. The first-order valence-corrected chi connectivity index (χ1v) is 11.8. The van der Waals surface area contributed by atoms with Crippen molar-refractivity contribution in [3.05, 3.63) is 42.4 Å². The normalized spacial score (nSPS) is 19.2. The molecule has 0 saturated heterocycles. The quantitative estimate of drug-likeness (QED) is 0.376. The van der Waals surface area contributed by atoms with Gasteiger partial charge in [-0.05, 0) is 61.8 Å². The number of hydrogen-bond donors (Lipinski definition) is 0. The maximum Gasteiger partial charge on any atom is 0.119 e. The highest BCUT2D eigenvalue weighted by Crippen LogP contribution is 2.32. The SMILES string of the molecule is CCCCCc1cnc(-c2ccc(OC[C@H]3CC[C@H](CCCC)CC3)cc2)cn1. The first-order chi connectivity index (χ1) is 14.3. The summed E-state index contributed by atoms with van der Waals surface area (Å²) in [7, 11) is 0. The Kier molecular flexibility index (Phi) is 8.98. The minimum Gasteiger partial charge on any atom is -0.493 e. The fourth-order valence-corrected chi connectivity index (χ4v) is 4.30. The van der Waals surface area contributed by atoms with Gasteiger partial charge in [0.05, 0.1) is 24.2 Å². The van der Waals surface area contributed by atoms with Crippen LogP contribution in [-0.4, -0.2) is 16.6 Å². The average Bonchev–Trinajstić information content (AvgIpc) is 2.78. The van der Waals surface area contributed by atoms with Gasteiger partial charge in [0.15, 0.2) is 0 Å². The molecule has 3 heteroatoms. The van der Waals surface area contributed by atoms with Gasteiger partial charge in [-0.1, -0.05) is 58.8 Å². The summed E-state index contributed by atoms with van der Waals surface area (Å²) < 4.78 is 6.09. The highest BCUT2D eigenvalue weighted by atomic mass is 16.5. The summed E-state index contributed by atoms with van der Waals surface area (Å²) in [5, 5.41) is 0. The van der Waals surface area contributed by atoms with Crippen LogP contribution in [0.25, 0.3) is 11.3 Å². The molecule has 1 aliphatic rings. The van der Waals surface area contributed by atoms with E-state index in [4.69, 9.17) is 4.74 Å². The van der Waals surface area contributed by atoms with Crippen molar-refractivity contribution in [1.29, 1.82) is 0 Å². The fraction of sp³-hybridized carbons (Fsp3) is 0.615. The molecule has 1 aliphatic carbocycles. The van der Waals surface area contributed by atoms with Gasteiger partial charge < -0.3 is 4.74 Å². The van der Waals surface area contributed by atoms with E-state index in [1.54, 1.807) is 0 Å². The van der Waals surface area contributed by atoms with Crippen molar-refractivity contribution in [2.75, 3.05) is 6.61 Å². The van der Waals surface area contributed by atoms with Crippen LogP contribution in [0.15, 0.2) is 36.7 Å². The van der Waals surface area contributed by atoms with Gasteiger partial charge in [-0.25, -0.2) is 0 Å². The highest BCUT2D eigenvalue weighted by molar-refractivity contribution is 5.58. The van der Waals surface area contributed by atoms with E-state index in [0.29, 0.717) is 0 Å². The summed E-state index contributed by atoms with van der Waals surface area (Å²) in [6, 6.07) is 8.33. The molecule has 0 amide bonds. The molecule has 0 spiro atoms. The lowest BCUT2D eigenvalue weighted by atomic mass is 9.80. The molecular formula is C26H38N2O. The predicted octanol–water partition coefficient (Wildman–Crippen LogP) is 7.25. The Labute approximate surface area is 177 Å². The Balaban J connectivity index is 1.43. The molecular weight excluding hydrogens is 356 g/mol. The number of nitrogens with zero attached hydrogens (tertiary/aromatic N) is 2. The van der Waals surface area contributed by atoms with Crippen LogP contribution in [0.5, 0.6) is 5.75 Å². The second kappa shape index (κ2) is 11.9. The molecule has 0 atom stereocenters. The number of aromatic nitrogens is 2. The number of ether oxygens (including phenoxy) is 1. The molecule has 0 bridgehead atoms. The van der Waals surface area contributed by atoms with Gasteiger partial charge in [0.1, 0.15) is 5.75 Å². The van der Waals surface area contributed by atoms with E-state index >= 15 is 0 Å². The number of benzene rings is 1. The molecule has 158 valence electrons. The van der Waals surface area contributed by atoms with E-state index in [0.717, 1.165) is 47.6 Å². The largest absolute Gasteiger partial charge is 0.493 e. The zero-order valence-electron chi connectivity index (χ0n) is 18.4. The Bertz CT molecular complexity index is 688. The Hall–Kier alpha value is -1.90. The summed E-state index contributed by atoms with van der Waals surface area (Å²) in [4.78, 5) is 9.18. The van der Waals surface area contributed by atoms with E-state index in [-0.39, 0.29) is 0 Å². The third kappa shape index (κ3) is 7.13. The van der Waals surface area contributed by atoms with E-state index in [9.17, 15) is 0 Å². The smallest absolute Gasteiger partial charge is 0.119 e. The van der Waals surface area contributed by atoms with E-state index < -0.39 is 0 Å². The van der Waals surface area contributed by atoms with Crippen molar-refractivity contribution in [2.45, 2.75) is 84.5 Å². The second-order valence-electron chi connectivity index (χ2n) is 8.71.